The first-order chi connectivity index (χ1) is 13.5. The lowest BCUT2D eigenvalue weighted by atomic mass is 10.0. The Morgan fingerprint density at radius 1 is 1.11 bits per heavy atom. The van der Waals surface area contributed by atoms with Crippen molar-refractivity contribution in [2.45, 2.75) is 77.4 Å². The number of ether oxygens (including phenoxy) is 1. The molecule has 2 fully saturated rings. The van der Waals surface area contributed by atoms with Crippen LogP contribution in [0.25, 0.3) is 0 Å². The van der Waals surface area contributed by atoms with Crippen molar-refractivity contribution in [3.05, 3.63) is 11.3 Å². The van der Waals surface area contributed by atoms with Gasteiger partial charge in [0.05, 0.1) is 5.70 Å². The molecule has 2 rings (SSSR count). The lowest BCUT2D eigenvalue weighted by Crippen LogP contribution is -2.33. The van der Waals surface area contributed by atoms with E-state index in [1.54, 1.807) is 0 Å². The SMILES string of the molecule is CCCC(C(N)=O)=C(C(=O)CCCC(=O)NOC1CCCCO1)N1CCCC1. The normalized spacial score (nSPS) is 20.6. The Hall–Kier alpha value is -1.93. The van der Waals surface area contributed by atoms with Gasteiger partial charge in [-0.2, -0.15) is 0 Å². The molecule has 0 aromatic rings. The topological polar surface area (TPSA) is 111 Å². The summed E-state index contributed by atoms with van der Waals surface area (Å²) >= 11 is 0. The van der Waals surface area contributed by atoms with Gasteiger partial charge in [0.25, 0.3) is 0 Å². The quantitative estimate of drug-likeness (QED) is 0.408. The van der Waals surface area contributed by atoms with Crippen molar-refractivity contribution in [1.82, 2.24) is 10.4 Å². The van der Waals surface area contributed by atoms with Crippen LogP contribution in [0.2, 0.25) is 0 Å². The maximum Gasteiger partial charge on any atom is 0.246 e. The third kappa shape index (κ3) is 6.91. The Balaban J connectivity index is 1.85. The lowest BCUT2D eigenvalue weighted by molar-refractivity contribution is -0.200. The van der Waals surface area contributed by atoms with Crippen LogP contribution in [-0.2, 0) is 24.0 Å². The van der Waals surface area contributed by atoms with Crippen molar-refractivity contribution in [3.8, 4) is 0 Å². The van der Waals surface area contributed by atoms with Crippen LogP contribution in [0.4, 0.5) is 0 Å². The summed E-state index contributed by atoms with van der Waals surface area (Å²) in [4.78, 5) is 43.9. The molecule has 3 N–H and O–H groups in total. The van der Waals surface area contributed by atoms with E-state index in [9.17, 15) is 14.4 Å². The molecule has 0 aromatic heterocycles. The van der Waals surface area contributed by atoms with E-state index in [4.69, 9.17) is 15.3 Å². The smallest absolute Gasteiger partial charge is 0.246 e. The van der Waals surface area contributed by atoms with Gasteiger partial charge in [0.15, 0.2) is 12.1 Å². The minimum atomic E-state index is -0.532. The molecule has 0 aromatic carbocycles. The fraction of sp³-hybridized carbons (Fsp3) is 0.750. The molecule has 158 valence electrons. The number of allylic oxidation sites excluding steroid dienone is 1. The average molecular weight is 396 g/mol. The van der Waals surface area contributed by atoms with Gasteiger partial charge in [-0.05, 0) is 38.5 Å². The Labute approximate surface area is 166 Å². The molecular formula is C20H33N3O5. The van der Waals surface area contributed by atoms with Crippen LogP contribution in [0.3, 0.4) is 0 Å². The van der Waals surface area contributed by atoms with Gasteiger partial charge in [-0.1, -0.05) is 13.3 Å². The highest BCUT2D eigenvalue weighted by Crippen LogP contribution is 2.23. The molecular weight excluding hydrogens is 362 g/mol. The Morgan fingerprint density at radius 3 is 2.46 bits per heavy atom. The summed E-state index contributed by atoms with van der Waals surface area (Å²) in [6.07, 6.45) is 6.37. The van der Waals surface area contributed by atoms with Crippen LogP contribution in [0.1, 0.15) is 71.1 Å². The van der Waals surface area contributed by atoms with E-state index in [0.29, 0.717) is 30.7 Å². The molecule has 0 radical (unpaired) electrons. The molecule has 2 heterocycles. The molecule has 2 aliphatic rings. The van der Waals surface area contributed by atoms with Gasteiger partial charge in [0.2, 0.25) is 11.8 Å². The Morgan fingerprint density at radius 2 is 1.86 bits per heavy atom. The van der Waals surface area contributed by atoms with E-state index in [-0.39, 0.29) is 24.5 Å². The van der Waals surface area contributed by atoms with Crippen LogP contribution < -0.4 is 11.2 Å². The fourth-order valence-corrected chi connectivity index (χ4v) is 3.60. The van der Waals surface area contributed by atoms with E-state index in [2.05, 4.69) is 5.48 Å². The molecule has 2 amide bonds. The number of carbonyl (C=O) groups is 3. The second-order valence-corrected chi connectivity index (χ2v) is 7.35. The zero-order valence-corrected chi connectivity index (χ0v) is 16.8. The number of nitrogens with two attached hydrogens (primary N) is 1. The van der Waals surface area contributed by atoms with Crippen molar-refractivity contribution >= 4 is 17.6 Å². The first-order valence-corrected chi connectivity index (χ1v) is 10.4. The zero-order valence-electron chi connectivity index (χ0n) is 16.8. The lowest BCUT2D eigenvalue weighted by Gasteiger charge is -2.23. The third-order valence-electron chi connectivity index (χ3n) is 5.02. The summed E-state index contributed by atoms with van der Waals surface area (Å²) in [6.45, 7) is 4.12. The molecule has 8 heteroatoms. The highest BCUT2D eigenvalue weighted by molar-refractivity contribution is 6.04. The van der Waals surface area contributed by atoms with Crippen LogP contribution in [0, 0.1) is 0 Å². The summed E-state index contributed by atoms with van der Waals surface area (Å²) in [5.41, 5.74) is 8.82. The summed E-state index contributed by atoms with van der Waals surface area (Å²) in [7, 11) is 0. The standard InChI is InChI=1S/C20H33N3O5/c1-2-8-15(20(21)26)19(23-12-4-5-13-23)16(24)9-7-10-17(25)22-28-18-11-3-6-14-27-18/h18H,2-14H2,1H3,(H2,21,26)(H,22,25). The molecule has 8 nitrogen and oxygen atoms in total. The zero-order chi connectivity index (χ0) is 20.4. The molecule has 0 bridgehead atoms. The second-order valence-electron chi connectivity index (χ2n) is 7.35. The minimum Gasteiger partial charge on any atom is -0.368 e. The number of amides is 2. The number of primary amides is 1. The third-order valence-corrected chi connectivity index (χ3v) is 5.02. The maximum absolute atomic E-state index is 12.8. The highest BCUT2D eigenvalue weighted by atomic mass is 16.8. The van der Waals surface area contributed by atoms with Crippen molar-refractivity contribution in [1.29, 1.82) is 0 Å². The first kappa shape index (κ1) is 22.4. The number of rotatable bonds is 11. The average Bonchev–Trinajstić information content (AvgIpc) is 3.21. The Kier molecular flexibility index (Phi) is 9.43. The minimum absolute atomic E-state index is 0.117. The van der Waals surface area contributed by atoms with Gasteiger partial charge >= 0.3 is 0 Å². The van der Waals surface area contributed by atoms with Crippen molar-refractivity contribution in [2.75, 3.05) is 19.7 Å². The molecule has 28 heavy (non-hydrogen) atoms. The van der Waals surface area contributed by atoms with E-state index in [1.165, 1.54) is 0 Å². The molecule has 0 spiro atoms. The van der Waals surface area contributed by atoms with Crippen LogP contribution >= 0.6 is 0 Å². The summed E-state index contributed by atoms with van der Waals surface area (Å²) in [6, 6.07) is 0. The number of carbonyl (C=O) groups excluding carboxylic acids is 3. The van der Waals surface area contributed by atoms with Crippen LogP contribution in [-0.4, -0.2) is 48.5 Å². The Bertz CT molecular complexity index is 578. The number of hydrogen-bond donors (Lipinski definition) is 2. The number of likely N-dealkylation sites (tertiary alicyclic amines) is 1. The van der Waals surface area contributed by atoms with Gasteiger partial charge in [-0.25, -0.2) is 10.3 Å². The van der Waals surface area contributed by atoms with Crippen LogP contribution in [0.15, 0.2) is 11.3 Å². The highest BCUT2D eigenvalue weighted by Gasteiger charge is 2.26. The number of nitrogens with one attached hydrogen (secondary N) is 1. The summed E-state index contributed by atoms with van der Waals surface area (Å²) in [5, 5.41) is 0. The molecule has 2 aliphatic heterocycles. The number of nitrogens with zero attached hydrogens (tertiary/aromatic N) is 1. The molecule has 0 saturated carbocycles. The summed E-state index contributed by atoms with van der Waals surface area (Å²) < 4.78 is 5.38. The van der Waals surface area contributed by atoms with Gasteiger partial charge in [0.1, 0.15) is 0 Å². The number of hydroxylamine groups is 1. The van der Waals surface area contributed by atoms with Gasteiger partial charge in [-0.3, -0.25) is 14.4 Å². The number of Topliss-reactive ketones (excluding diaryl/α,β-unsaturated/α-hetero) is 1. The van der Waals surface area contributed by atoms with Gasteiger partial charge in [0, 0.05) is 44.5 Å². The number of hydrogen-bond acceptors (Lipinski definition) is 6. The molecule has 1 atom stereocenters. The van der Waals surface area contributed by atoms with E-state index in [0.717, 1.165) is 51.6 Å². The predicted octanol–water partition coefficient (Wildman–Crippen LogP) is 1.94. The largest absolute Gasteiger partial charge is 0.368 e. The van der Waals surface area contributed by atoms with E-state index >= 15 is 0 Å². The second kappa shape index (κ2) is 11.8. The summed E-state index contributed by atoms with van der Waals surface area (Å²) in [5.74, 6) is -0.929. The van der Waals surface area contributed by atoms with Gasteiger partial charge in [-0.15, -0.1) is 0 Å². The molecule has 2 saturated heterocycles. The predicted molar refractivity (Wildman–Crippen MR) is 104 cm³/mol. The van der Waals surface area contributed by atoms with E-state index in [1.807, 2.05) is 11.8 Å². The maximum atomic E-state index is 12.8. The molecule has 1 unspecified atom stereocenters. The fourth-order valence-electron chi connectivity index (χ4n) is 3.60. The molecule has 0 aliphatic carbocycles. The number of ketones is 1. The van der Waals surface area contributed by atoms with Gasteiger partial charge < -0.3 is 15.4 Å². The monoisotopic (exact) mass is 395 g/mol. The van der Waals surface area contributed by atoms with Crippen molar-refractivity contribution < 1.29 is 24.0 Å². The van der Waals surface area contributed by atoms with E-state index < -0.39 is 12.2 Å². The van der Waals surface area contributed by atoms with Crippen molar-refractivity contribution in [3.63, 3.8) is 0 Å². The first-order valence-electron chi connectivity index (χ1n) is 10.4. The van der Waals surface area contributed by atoms with Crippen LogP contribution in [0.5, 0.6) is 0 Å². The van der Waals surface area contributed by atoms with Crippen molar-refractivity contribution in [2.24, 2.45) is 5.73 Å².